The number of aryl methyl sites for hydroxylation is 1. The summed E-state index contributed by atoms with van der Waals surface area (Å²) in [6.07, 6.45) is 1.78. The van der Waals surface area contributed by atoms with Gasteiger partial charge in [0.05, 0.1) is 11.8 Å². The summed E-state index contributed by atoms with van der Waals surface area (Å²) in [5, 5.41) is 20.3. The first-order valence-electron chi connectivity index (χ1n) is 4.84. The summed E-state index contributed by atoms with van der Waals surface area (Å²) in [6, 6.07) is 0. The number of hydrogen-bond donors (Lipinski definition) is 2. The second kappa shape index (κ2) is 4.50. The Morgan fingerprint density at radius 3 is 3.00 bits per heavy atom. The van der Waals surface area contributed by atoms with Gasteiger partial charge < -0.3 is 5.32 Å². The number of aromatic amines is 1. The highest BCUT2D eigenvalue weighted by atomic mass is 32.1. The number of H-pyrrole nitrogens is 1. The molecule has 2 N–H and O–H groups in total. The fourth-order valence-electron chi connectivity index (χ4n) is 1.23. The van der Waals surface area contributed by atoms with E-state index in [-0.39, 0.29) is 0 Å². The van der Waals surface area contributed by atoms with E-state index < -0.39 is 0 Å². The van der Waals surface area contributed by atoms with Gasteiger partial charge in [-0.15, -0.1) is 10.2 Å². The van der Waals surface area contributed by atoms with Crippen LogP contribution in [0.3, 0.4) is 0 Å². The molecule has 2 heterocycles. The number of nitrogens with zero attached hydrogens (tertiary/aromatic N) is 3. The van der Waals surface area contributed by atoms with Crippen molar-refractivity contribution in [3.05, 3.63) is 16.9 Å². The highest BCUT2D eigenvalue weighted by Crippen LogP contribution is 2.24. The molecule has 2 aromatic rings. The van der Waals surface area contributed by atoms with E-state index in [1.54, 1.807) is 17.5 Å². The minimum atomic E-state index is 0.783. The van der Waals surface area contributed by atoms with Crippen molar-refractivity contribution in [2.75, 3.05) is 6.54 Å². The molecule has 0 spiro atoms. The van der Waals surface area contributed by atoms with Crippen LogP contribution in [0.1, 0.15) is 17.6 Å². The van der Waals surface area contributed by atoms with Gasteiger partial charge in [0.2, 0.25) is 0 Å². The van der Waals surface area contributed by atoms with Gasteiger partial charge in [-0.3, -0.25) is 5.10 Å². The zero-order chi connectivity index (χ0) is 10.7. The lowest BCUT2D eigenvalue weighted by atomic mass is 10.3. The summed E-state index contributed by atoms with van der Waals surface area (Å²) in [4.78, 5) is 0. The van der Waals surface area contributed by atoms with Crippen molar-refractivity contribution in [3.63, 3.8) is 0 Å². The lowest BCUT2D eigenvalue weighted by molar-refractivity contribution is 0.715. The standard InChI is InChI=1S/C9H13N5S/c1-3-10-5-8-13-14-9(15-8)7-4-11-12-6(7)2/h4,10H,3,5H2,1-2H3,(H,11,12). The van der Waals surface area contributed by atoms with Gasteiger partial charge in [0, 0.05) is 12.2 Å². The molecule has 0 saturated heterocycles. The number of rotatable bonds is 4. The molecule has 0 aliphatic heterocycles. The van der Waals surface area contributed by atoms with E-state index >= 15 is 0 Å². The Kier molecular flexibility index (Phi) is 3.08. The van der Waals surface area contributed by atoms with Crippen LogP contribution in [0.15, 0.2) is 6.20 Å². The van der Waals surface area contributed by atoms with E-state index in [0.717, 1.165) is 34.4 Å². The average molecular weight is 223 g/mol. The Labute approximate surface area is 91.9 Å². The first-order valence-corrected chi connectivity index (χ1v) is 5.66. The van der Waals surface area contributed by atoms with Crippen LogP contribution < -0.4 is 5.32 Å². The lowest BCUT2D eigenvalue weighted by Crippen LogP contribution is -2.11. The summed E-state index contributed by atoms with van der Waals surface area (Å²) >= 11 is 1.60. The van der Waals surface area contributed by atoms with Crippen LogP contribution in [0, 0.1) is 6.92 Å². The number of nitrogens with one attached hydrogen (secondary N) is 2. The monoisotopic (exact) mass is 223 g/mol. The molecule has 0 radical (unpaired) electrons. The summed E-state index contributed by atoms with van der Waals surface area (Å²) in [6.45, 7) is 5.78. The van der Waals surface area contributed by atoms with Crippen molar-refractivity contribution < 1.29 is 0 Å². The molecule has 80 valence electrons. The van der Waals surface area contributed by atoms with E-state index in [9.17, 15) is 0 Å². The molecule has 0 atom stereocenters. The third-order valence-corrected chi connectivity index (χ3v) is 3.01. The minimum Gasteiger partial charge on any atom is -0.311 e. The van der Waals surface area contributed by atoms with Gasteiger partial charge in [-0.2, -0.15) is 5.10 Å². The van der Waals surface area contributed by atoms with Crippen LogP contribution in [0.25, 0.3) is 10.6 Å². The quantitative estimate of drug-likeness (QED) is 0.821. The van der Waals surface area contributed by atoms with E-state index in [1.165, 1.54) is 0 Å². The molecule has 2 rings (SSSR count). The Hall–Kier alpha value is -1.27. The van der Waals surface area contributed by atoms with Gasteiger partial charge >= 0.3 is 0 Å². The zero-order valence-electron chi connectivity index (χ0n) is 8.74. The number of aromatic nitrogens is 4. The van der Waals surface area contributed by atoms with Crippen molar-refractivity contribution in [3.8, 4) is 10.6 Å². The van der Waals surface area contributed by atoms with Crippen molar-refractivity contribution >= 4 is 11.3 Å². The molecule has 2 aromatic heterocycles. The number of hydrogen-bond acceptors (Lipinski definition) is 5. The maximum Gasteiger partial charge on any atom is 0.151 e. The van der Waals surface area contributed by atoms with Crippen molar-refractivity contribution in [1.29, 1.82) is 0 Å². The lowest BCUT2D eigenvalue weighted by Gasteiger charge is -1.93. The normalized spacial score (nSPS) is 10.8. The molecular weight excluding hydrogens is 210 g/mol. The van der Waals surface area contributed by atoms with Crippen LogP contribution in [0.2, 0.25) is 0 Å². The molecule has 0 saturated carbocycles. The summed E-state index contributed by atoms with van der Waals surface area (Å²) in [5.41, 5.74) is 2.07. The fraction of sp³-hybridized carbons (Fsp3) is 0.444. The van der Waals surface area contributed by atoms with Crippen LogP contribution in [-0.2, 0) is 6.54 Å². The summed E-state index contributed by atoms with van der Waals surface area (Å²) < 4.78 is 0. The molecule has 5 nitrogen and oxygen atoms in total. The van der Waals surface area contributed by atoms with E-state index in [1.807, 2.05) is 6.92 Å². The largest absolute Gasteiger partial charge is 0.311 e. The van der Waals surface area contributed by atoms with Crippen LogP contribution in [0.5, 0.6) is 0 Å². The van der Waals surface area contributed by atoms with Gasteiger partial charge in [0.25, 0.3) is 0 Å². The topological polar surface area (TPSA) is 66.5 Å². The molecule has 0 aliphatic carbocycles. The molecule has 0 aromatic carbocycles. The summed E-state index contributed by atoms with van der Waals surface area (Å²) in [7, 11) is 0. The Balaban J connectivity index is 2.17. The second-order valence-electron chi connectivity index (χ2n) is 3.19. The molecule has 0 bridgehead atoms. The Bertz CT molecular complexity index is 433. The molecule has 15 heavy (non-hydrogen) atoms. The molecule has 0 aliphatic rings. The third kappa shape index (κ3) is 2.21. The SMILES string of the molecule is CCNCc1nnc(-c2cn[nH]c2C)s1. The molecule has 6 heteroatoms. The highest BCUT2D eigenvalue weighted by Gasteiger charge is 2.09. The second-order valence-corrected chi connectivity index (χ2v) is 4.25. The van der Waals surface area contributed by atoms with Gasteiger partial charge in [0.15, 0.2) is 5.01 Å². The van der Waals surface area contributed by atoms with Gasteiger partial charge in [-0.05, 0) is 13.5 Å². The first-order chi connectivity index (χ1) is 7.31. The first kappa shape index (κ1) is 10.3. The van der Waals surface area contributed by atoms with Gasteiger partial charge in [0.1, 0.15) is 5.01 Å². The van der Waals surface area contributed by atoms with Crippen LogP contribution in [-0.4, -0.2) is 26.9 Å². The van der Waals surface area contributed by atoms with Gasteiger partial charge in [-0.1, -0.05) is 18.3 Å². The molecule has 0 fully saturated rings. The maximum atomic E-state index is 4.14. The predicted octanol–water partition coefficient (Wildman–Crippen LogP) is 1.35. The molecular formula is C9H13N5S. The van der Waals surface area contributed by atoms with Crippen molar-refractivity contribution in [2.24, 2.45) is 0 Å². The Morgan fingerprint density at radius 1 is 1.47 bits per heavy atom. The summed E-state index contributed by atoms with van der Waals surface area (Å²) in [5.74, 6) is 0. The third-order valence-electron chi connectivity index (χ3n) is 2.05. The molecule has 0 unspecified atom stereocenters. The van der Waals surface area contributed by atoms with Crippen LogP contribution in [0.4, 0.5) is 0 Å². The minimum absolute atomic E-state index is 0.783. The zero-order valence-corrected chi connectivity index (χ0v) is 9.56. The van der Waals surface area contributed by atoms with Crippen molar-refractivity contribution in [1.82, 2.24) is 25.7 Å². The van der Waals surface area contributed by atoms with Gasteiger partial charge in [-0.25, -0.2) is 0 Å². The van der Waals surface area contributed by atoms with Crippen molar-refractivity contribution in [2.45, 2.75) is 20.4 Å². The van der Waals surface area contributed by atoms with E-state index in [4.69, 9.17) is 0 Å². The average Bonchev–Trinajstić information content (AvgIpc) is 2.83. The fourth-order valence-corrected chi connectivity index (χ4v) is 2.11. The Morgan fingerprint density at radius 2 is 2.33 bits per heavy atom. The smallest absolute Gasteiger partial charge is 0.151 e. The predicted molar refractivity (Wildman–Crippen MR) is 59.6 cm³/mol. The van der Waals surface area contributed by atoms with Crippen LogP contribution >= 0.6 is 11.3 Å². The molecule has 0 amide bonds. The van der Waals surface area contributed by atoms with E-state index in [2.05, 4.69) is 32.6 Å². The van der Waals surface area contributed by atoms with E-state index in [0.29, 0.717) is 0 Å². The highest BCUT2D eigenvalue weighted by molar-refractivity contribution is 7.14. The maximum absolute atomic E-state index is 4.14.